The Labute approximate surface area is 187 Å². The maximum absolute atomic E-state index is 13.1. The van der Waals surface area contributed by atoms with Crippen molar-refractivity contribution in [2.24, 2.45) is 5.92 Å². The zero-order valence-electron chi connectivity index (χ0n) is 17.6. The highest BCUT2D eigenvalue weighted by atomic mass is 32.2. The monoisotopic (exact) mass is 483 g/mol. The molecular weight excluding hydrogens is 457 g/mol. The second kappa shape index (κ2) is 10.1. The third-order valence-electron chi connectivity index (χ3n) is 5.25. The minimum absolute atomic E-state index is 0.00621. The smallest absolute Gasteiger partial charge is 0.243 e. The Kier molecular flexibility index (Phi) is 7.65. The number of aryl methyl sites for hydroxylation is 1. The summed E-state index contributed by atoms with van der Waals surface area (Å²) in [7, 11) is -7.51. The van der Waals surface area contributed by atoms with Crippen LogP contribution in [0.3, 0.4) is 0 Å². The zero-order chi connectivity index (χ0) is 23.4. The van der Waals surface area contributed by atoms with Crippen LogP contribution in [-0.2, 0) is 24.8 Å². The minimum Gasteiger partial charge on any atom is -0.355 e. The molecular formula is C21H26FN3O5S2. The van der Waals surface area contributed by atoms with E-state index in [0.29, 0.717) is 12.8 Å². The molecule has 1 unspecified atom stereocenters. The van der Waals surface area contributed by atoms with Crippen molar-refractivity contribution >= 4 is 26.0 Å². The normalized spacial score (nSPS) is 17.8. The number of amides is 1. The molecule has 1 atom stereocenters. The van der Waals surface area contributed by atoms with E-state index in [0.717, 1.165) is 17.7 Å². The van der Waals surface area contributed by atoms with Crippen LogP contribution < -0.4 is 10.0 Å². The molecule has 11 heteroatoms. The maximum atomic E-state index is 13.1. The molecule has 2 aromatic rings. The third kappa shape index (κ3) is 5.91. The lowest BCUT2D eigenvalue weighted by atomic mass is 9.99. The molecule has 1 heterocycles. The summed E-state index contributed by atoms with van der Waals surface area (Å²) in [5, 5.41) is 2.67. The lowest BCUT2D eigenvalue weighted by Crippen LogP contribution is -2.46. The van der Waals surface area contributed by atoms with Crippen LogP contribution in [0.25, 0.3) is 0 Å². The molecule has 174 valence electrons. The van der Waals surface area contributed by atoms with Crippen molar-refractivity contribution in [3.63, 3.8) is 0 Å². The highest BCUT2D eigenvalue weighted by molar-refractivity contribution is 7.89. The summed E-state index contributed by atoms with van der Waals surface area (Å²) in [6.45, 7) is 2.23. The van der Waals surface area contributed by atoms with Gasteiger partial charge in [-0.15, -0.1) is 0 Å². The van der Waals surface area contributed by atoms with Crippen molar-refractivity contribution < 1.29 is 26.0 Å². The number of hydrogen-bond acceptors (Lipinski definition) is 5. The summed E-state index contributed by atoms with van der Waals surface area (Å²) in [6.07, 6.45) is 1.04. The van der Waals surface area contributed by atoms with E-state index >= 15 is 0 Å². The molecule has 32 heavy (non-hydrogen) atoms. The van der Waals surface area contributed by atoms with Crippen LogP contribution in [0.1, 0.15) is 18.4 Å². The number of hydrogen-bond donors (Lipinski definition) is 2. The summed E-state index contributed by atoms with van der Waals surface area (Å²) in [4.78, 5) is 12.6. The number of piperidine rings is 1. The Hall–Kier alpha value is -2.34. The van der Waals surface area contributed by atoms with Crippen LogP contribution in [0.2, 0.25) is 0 Å². The number of sulfonamides is 2. The lowest BCUT2D eigenvalue weighted by molar-refractivity contribution is -0.126. The molecule has 1 saturated heterocycles. The van der Waals surface area contributed by atoms with Crippen LogP contribution >= 0.6 is 0 Å². The predicted octanol–water partition coefficient (Wildman–Crippen LogP) is 1.63. The molecule has 0 saturated carbocycles. The molecule has 2 N–H and O–H groups in total. The van der Waals surface area contributed by atoms with Gasteiger partial charge in [0.15, 0.2) is 0 Å². The van der Waals surface area contributed by atoms with Gasteiger partial charge in [-0.25, -0.2) is 25.9 Å². The molecule has 1 aliphatic rings. The SMILES string of the molecule is Cc1ccc(S(=O)(=O)NCCNC(=O)C2CCCN(S(=O)(=O)c3ccc(F)cc3)C2)cc1. The van der Waals surface area contributed by atoms with Gasteiger partial charge in [0.25, 0.3) is 0 Å². The van der Waals surface area contributed by atoms with E-state index in [4.69, 9.17) is 0 Å². The van der Waals surface area contributed by atoms with Crippen LogP contribution in [0.15, 0.2) is 58.3 Å². The fraction of sp³-hybridized carbons (Fsp3) is 0.381. The number of carbonyl (C=O) groups is 1. The van der Waals surface area contributed by atoms with Crippen LogP contribution in [0, 0.1) is 18.7 Å². The van der Waals surface area contributed by atoms with Gasteiger partial charge in [0, 0.05) is 26.2 Å². The molecule has 2 aromatic carbocycles. The number of rotatable bonds is 8. The average molecular weight is 484 g/mol. The largest absolute Gasteiger partial charge is 0.355 e. The van der Waals surface area contributed by atoms with Crippen LogP contribution in [-0.4, -0.2) is 53.2 Å². The van der Waals surface area contributed by atoms with Crippen molar-refractivity contribution in [2.45, 2.75) is 29.6 Å². The van der Waals surface area contributed by atoms with Gasteiger partial charge in [0.2, 0.25) is 26.0 Å². The lowest BCUT2D eigenvalue weighted by Gasteiger charge is -2.31. The van der Waals surface area contributed by atoms with E-state index in [2.05, 4.69) is 10.0 Å². The van der Waals surface area contributed by atoms with E-state index in [1.165, 1.54) is 28.6 Å². The summed E-state index contributed by atoms with van der Waals surface area (Å²) in [5.74, 6) is -1.41. The van der Waals surface area contributed by atoms with Gasteiger partial charge in [-0.1, -0.05) is 17.7 Å². The molecule has 0 aromatic heterocycles. The van der Waals surface area contributed by atoms with Crippen molar-refractivity contribution in [3.05, 3.63) is 59.9 Å². The van der Waals surface area contributed by atoms with Crippen LogP contribution in [0.5, 0.6) is 0 Å². The number of benzene rings is 2. The second-order valence-electron chi connectivity index (χ2n) is 7.66. The number of nitrogens with zero attached hydrogens (tertiary/aromatic N) is 1. The molecule has 1 amide bonds. The first-order chi connectivity index (χ1) is 15.1. The Balaban J connectivity index is 1.52. The van der Waals surface area contributed by atoms with Crippen molar-refractivity contribution in [3.8, 4) is 0 Å². The molecule has 0 radical (unpaired) electrons. The number of carbonyl (C=O) groups excluding carboxylic acids is 1. The number of nitrogens with one attached hydrogen (secondary N) is 2. The quantitative estimate of drug-likeness (QED) is 0.554. The van der Waals surface area contributed by atoms with Gasteiger partial charge in [-0.05, 0) is 56.2 Å². The molecule has 1 fully saturated rings. The van der Waals surface area contributed by atoms with E-state index in [1.54, 1.807) is 12.1 Å². The van der Waals surface area contributed by atoms with Gasteiger partial charge in [-0.3, -0.25) is 4.79 Å². The summed E-state index contributed by atoms with van der Waals surface area (Å²) in [5.41, 5.74) is 0.944. The fourth-order valence-corrected chi connectivity index (χ4v) is 6.00. The maximum Gasteiger partial charge on any atom is 0.243 e. The number of halogens is 1. The highest BCUT2D eigenvalue weighted by Crippen LogP contribution is 2.24. The summed E-state index contributed by atoms with van der Waals surface area (Å²) < 4.78 is 66.9. The van der Waals surface area contributed by atoms with Crippen molar-refractivity contribution in [1.29, 1.82) is 0 Å². The van der Waals surface area contributed by atoms with Crippen LogP contribution in [0.4, 0.5) is 4.39 Å². The van der Waals surface area contributed by atoms with Gasteiger partial charge in [0.05, 0.1) is 15.7 Å². The van der Waals surface area contributed by atoms with E-state index in [9.17, 15) is 26.0 Å². The molecule has 3 rings (SSSR count). The molecule has 0 aliphatic carbocycles. The van der Waals surface area contributed by atoms with E-state index < -0.39 is 31.8 Å². The molecule has 8 nitrogen and oxygen atoms in total. The first kappa shape index (κ1) is 24.3. The first-order valence-electron chi connectivity index (χ1n) is 10.2. The predicted molar refractivity (Wildman–Crippen MR) is 117 cm³/mol. The second-order valence-corrected chi connectivity index (χ2v) is 11.4. The van der Waals surface area contributed by atoms with E-state index in [-0.39, 0.29) is 41.9 Å². The fourth-order valence-electron chi connectivity index (χ4n) is 3.45. The summed E-state index contributed by atoms with van der Waals surface area (Å²) >= 11 is 0. The Bertz CT molecular complexity index is 1150. The Morgan fingerprint density at radius 1 is 1.00 bits per heavy atom. The zero-order valence-corrected chi connectivity index (χ0v) is 19.3. The highest BCUT2D eigenvalue weighted by Gasteiger charge is 2.33. The first-order valence-corrected chi connectivity index (χ1v) is 13.1. The van der Waals surface area contributed by atoms with Gasteiger partial charge in [-0.2, -0.15) is 4.31 Å². The molecule has 0 spiro atoms. The molecule has 0 bridgehead atoms. The standard InChI is InChI=1S/C21H26FN3O5S2/c1-16-4-8-19(9-5-16)31(27,28)24-13-12-23-21(26)17-3-2-14-25(15-17)32(29,30)20-10-6-18(22)7-11-20/h4-11,17,24H,2-3,12-15H2,1H3,(H,23,26). The Morgan fingerprint density at radius 3 is 2.28 bits per heavy atom. The molecule has 1 aliphatic heterocycles. The third-order valence-corrected chi connectivity index (χ3v) is 8.61. The average Bonchev–Trinajstić information content (AvgIpc) is 2.77. The van der Waals surface area contributed by atoms with E-state index in [1.807, 2.05) is 6.92 Å². The minimum atomic E-state index is -3.83. The van der Waals surface area contributed by atoms with Gasteiger partial charge >= 0.3 is 0 Å². The van der Waals surface area contributed by atoms with Crippen molar-refractivity contribution in [1.82, 2.24) is 14.3 Å². The summed E-state index contributed by atoms with van der Waals surface area (Å²) in [6, 6.07) is 11.0. The Morgan fingerprint density at radius 2 is 1.62 bits per heavy atom. The van der Waals surface area contributed by atoms with Gasteiger partial charge in [0.1, 0.15) is 5.82 Å². The van der Waals surface area contributed by atoms with Gasteiger partial charge < -0.3 is 5.32 Å². The topological polar surface area (TPSA) is 113 Å². The van der Waals surface area contributed by atoms with Crippen molar-refractivity contribution in [2.75, 3.05) is 26.2 Å².